The quantitative estimate of drug-likeness (QED) is 0.879. The highest BCUT2D eigenvalue weighted by molar-refractivity contribution is 6.31. The molecule has 1 amide bonds. The molecule has 0 fully saturated rings. The molecule has 0 unspecified atom stereocenters. The molecule has 1 N–H and O–H groups in total. The number of anilines is 1. The van der Waals surface area contributed by atoms with E-state index in [0.717, 1.165) is 5.69 Å². The maximum Gasteiger partial charge on any atom is 0.337 e. The third-order valence-electron chi connectivity index (χ3n) is 3.01. The lowest BCUT2D eigenvalue weighted by Crippen LogP contribution is -2.17. The van der Waals surface area contributed by atoms with Crippen molar-refractivity contribution in [2.24, 2.45) is 0 Å². The summed E-state index contributed by atoms with van der Waals surface area (Å²) in [6.45, 7) is 4.30. The number of carbonyl (C=O) groups is 2. The summed E-state index contributed by atoms with van der Waals surface area (Å²) in [4.78, 5) is 23.9. The number of benzene rings is 1. The maximum atomic E-state index is 12.3. The SMILES string of the molecule is CCn1nc(C)cc1C(=O)Nc1cc(Cl)cc(C(=O)OC)c1. The van der Waals surface area contributed by atoms with E-state index >= 15 is 0 Å². The smallest absolute Gasteiger partial charge is 0.337 e. The van der Waals surface area contributed by atoms with Crippen LogP contribution in [-0.4, -0.2) is 28.8 Å². The Morgan fingerprint density at radius 1 is 1.32 bits per heavy atom. The molecule has 1 aromatic heterocycles. The lowest BCUT2D eigenvalue weighted by atomic mass is 10.2. The molecule has 0 saturated heterocycles. The lowest BCUT2D eigenvalue weighted by molar-refractivity contribution is 0.0600. The van der Waals surface area contributed by atoms with Crippen LogP contribution in [0, 0.1) is 6.92 Å². The zero-order valence-corrected chi connectivity index (χ0v) is 13.3. The fourth-order valence-corrected chi connectivity index (χ4v) is 2.30. The van der Waals surface area contributed by atoms with Crippen LogP contribution in [0.15, 0.2) is 24.3 Å². The molecular weight excluding hydrogens is 306 g/mol. The molecule has 6 nitrogen and oxygen atoms in total. The summed E-state index contributed by atoms with van der Waals surface area (Å²) in [5.41, 5.74) is 1.89. The molecule has 0 saturated carbocycles. The van der Waals surface area contributed by atoms with Crippen LogP contribution in [0.5, 0.6) is 0 Å². The highest BCUT2D eigenvalue weighted by atomic mass is 35.5. The topological polar surface area (TPSA) is 73.2 Å². The third kappa shape index (κ3) is 3.46. The van der Waals surface area contributed by atoms with Crippen molar-refractivity contribution in [2.75, 3.05) is 12.4 Å². The summed E-state index contributed by atoms with van der Waals surface area (Å²) in [7, 11) is 1.28. The van der Waals surface area contributed by atoms with Crippen molar-refractivity contribution < 1.29 is 14.3 Å². The molecule has 2 rings (SSSR count). The molecule has 0 aliphatic carbocycles. The zero-order chi connectivity index (χ0) is 16.3. The molecule has 0 spiro atoms. The number of amides is 1. The number of methoxy groups -OCH3 is 1. The van der Waals surface area contributed by atoms with E-state index in [1.807, 2.05) is 13.8 Å². The number of esters is 1. The van der Waals surface area contributed by atoms with Crippen LogP contribution in [0.1, 0.15) is 33.5 Å². The highest BCUT2D eigenvalue weighted by Crippen LogP contribution is 2.20. The van der Waals surface area contributed by atoms with Crippen molar-refractivity contribution in [1.82, 2.24) is 9.78 Å². The largest absolute Gasteiger partial charge is 0.465 e. The lowest BCUT2D eigenvalue weighted by Gasteiger charge is -2.08. The Balaban J connectivity index is 2.28. The summed E-state index contributed by atoms with van der Waals surface area (Å²) >= 11 is 5.97. The standard InChI is InChI=1S/C15H16ClN3O3/c1-4-19-13(5-9(2)18-19)14(20)17-12-7-10(15(21)22-3)6-11(16)8-12/h5-8H,4H2,1-3H3,(H,17,20). The Kier molecular flexibility index (Phi) is 4.82. The van der Waals surface area contributed by atoms with Crippen LogP contribution < -0.4 is 5.32 Å². The van der Waals surface area contributed by atoms with E-state index in [4.69, 9.17) is 11.6 Å². The first-order chi connectivity index (χ1) is 10.4. The van der Waals surface area contributed by atoms with E-state index in [1.165, 1.54) is 19.2 Å². The highest BCUT2D eigenvalue weighted by Gasteiger charge is 2.15. The van der Waals surface area contributed by atoms with Gasteiger partial charge in [-0.3, -0.25) is 9.48 Å². The van der Waals surface area contributed by atoms with Gasteiger partial charge in [0, 0.05) is 17.3 Å². The minimum atomic E-state index is -0.521. The van der Waals surface area contributed by atoms with Crippen molar-refractivity contribution in [3.05, 3.63) is 46.2 Å². The van der Waals surface area contributed by atoms with E-state index in [1.54, 1.807) is 16.8 Å². The third-order valence-corrected chi connectivity index (χ3v) is 3.23. The summed E-state index contributed by atoms with van der Waals surface area (Å²) in [5.74, 6) is -0.840. The summed E-state index contributed by atoms with van der Waals surface area (Å²) in [6, 6.07) is 6.24. The number of aryl methyl sites for hydroxylation is 2. The van der Waals surface area contributed by atoms with Gasteiger partial charge in [-0.05, 0) is 38.1 Å². The van der Waals surface area contributed by atoms with Gasteiger partial charge in [0.2, 0.25) is 0 Å². The van der Waals surface area contributed by atoms with Crippen LogP contribution in [0.4, 0.5) is 5.69 Å². The molecule has 116 valence electrons. The van der Waals surface area contributed by atoms with E-state index in [-0.39, 0.29) is 11.5 Å². The first-order valence-corrected chi connectivity index (χ1v) is 7.07. The van der Waals surface area contributed by atoms with Gasteiger partial charge < -0.3 is 10.1 Å². The Morgan fingerprint density at radius 3 is 2.68 bits per heavy atom. The van der Waals surface area contributed by atoms with Gasteiger partial charge >= 0.3 is 5.97 Å². The second-order valence-electron chi connectivity index (χ2n) is 4.66. The summed E-state index contributed by atoms with van der Waals surface area (Å²) in [5, 5.41) is 7.27. The number of carbonyl (C=O) groups excluding carboxylic acids is 2. The molecule has 0 atom stereocenters. The van der Waals surface area contributed by atoms with Crippen molar-refractivity contribution in [3.63, 3.8) is 0 Å². The maximum absolute atomic E-state index is 12.3. The molecule has 1 heterocycles. The fraction of sp³-hybridized carbons (Fsp3) is 0.267. The predicted molar refractivity (Wildman–Crippen MR) is 83.4 cm³/mol. The Hall–Kier alpha value is -2.34. The molecule has 0 aliphatic rings. The summed E-state index contributed by atoms with van der Waals surface area (Å²) in [6.07, 6.45) is 0. The van der Waals surface area contributed by atoms with Crippen LogP contribution in [0.2, 0.25) is 5.02 Å². The predicted octanol–water partition coefficient (Wildman–Crippen LogP) is 2.90. The molecule has 22 heavy (non-hydrogen) atoms. The summed E-state index contributed by atoms with van der Waals surface area (Å²) < 4.78 is 6.26. The van der Waals surface area contributed by atoms with E-state index < -0.39 is 5.97 Å². The number of nitrogens with zero attached hydrogens (tertiary/aromatic N) is 2. The Morgan fingerprint density at radius 2 is 2.05 bits per heavy atom. The van der Waals surface area contributed by atoms with Gasteiger partial charge in [-0.25, -0.2) is 4.79 Å². The first kappa shape index (κ1) is 16.0. The fourth-order valence-electron chi connectivity index (χ4n) is 2.06. The second kappa shape index (κ2) is 6.62. The molecule has 0 radical (unpaired) electrons. The number of aromatic nitrogens is 2. The van der Waals surface area contributed by atoms with Gasteiger partial charge in [-0.15, -0.1) is 0 Å². The minimum absolute atomic E-state index is 0.269. The van der Waals surface area contributed by atoms with Gasteiger partial charge in [0.1, 0.15) is 5.69 Å². The Bertz CT molecular complexity index is 725. The van der Waals surface area contributed by atoms with Gasteiger partial charge in [0.15, 0.2) is 0 Å². The zero-order valence-electron chi connectivity index (χ0n) is 12.5. The Labute approximate surface area is 133 Å². The van der Waals surface area contributed by atoms with Crippen molar-refractivity contribution >= 4 is 29.2 Å². The van der Waals surface area contributed by atoms with Crippen LogP contribution in [0.3, 0.4) is 0 Å². The number of halogens is 1. The number of nitrogens with one attached hydrogen (secondary N) is 1. The number of rotatable bonds is 4. The van der Waals surface area contributed by atoms with Crippen molar-refractivity contribution in [1.29, 1.82) is 0 Å². The van der Waals surface area contributed by atoms with Crippen LogP contribution >= 0.6 is 11.6 Å². The van der Waals surface area contributed by atoms with Gasteiger partial charge in [0.05, 0.1) is 18.4 Å². The minimum Gasteiger partial charge on any atom is -0.465 e. The molecule has 2 aromatic rings. The van der Waals surface area contributed by atoms with Crippen LogP contribution in [0.25, 0.3) is 0 Å². The van der Waals surface area contributed by atoms with E-state index in [9.17, 15) is 9.59 Å². The average molecular weight is 322 g/mol. The van der Waals surface area contributed by atoms with Crippen LogP contribution in [-0.2, 0) is 11.3 Å². The van der Waals surface area contributed by atoms with Gasteiger partial charge in [-0.2, -0.15) is 5.10 Å². The van der Waals surface area contributed by atoms with Gasteiger partial charge in [-0.1, -0.05) is 11.6 Å². The first-order valence-electron chi connectivity index (χ1n) is 6.69. The average Bonchev–Trinajstić information content (AvgIpc) is 2.87. The molecule has 0 aliphatic heterocycles. The number of ether oxygens (including phenoxy) is 1. The molecule has 0 bridgehead atoms. The van der Waals surface area contributed by atoms with Crippen molar-refractivity contribution in [2.45, 2.75) is 20.4 Å². The monoisotopic (exact) mass is 321 g/mol. The molecule has 7 heteroatoms. The van der Waals surface area contributed by atoms with Crippen molar-refractivity contribution in [3.8, 4) is 0 Å². The van der Waals surface area contributed by atoms with Gasteiger partial charge in [0.25, 0.3) is 5.91 Å². The normalized spacial score (nSPS) is 10.4. The van der Waals surface area contributed by atoms with E-state index in [2.05, 4.69) is 15.2 Å². The second-order valence-corrected chi connectivity index (χ2v) is 5.10. The number of hydrogen-bond donors (Lipinski definition) is 1. The van der Waals surface area contributed by atoms with E-state index in [0.29, 0.717) is 22.9 Å². The number of hydrogen-bond acceptors (Lipinski definition) is 4. The molecule has 1 aromatic carbocycles. The molecular formula is C15H16ClN3O3.